The molecule has 0 fully saturated rings. The Bertz CT molecular complexity index is 215. The summed E-state index contributed by atoms with van der Waals surface area (Å²) in [4.78, 5) is 0. The smallest absolute Gasteiger partial charge is 0.308 e. The third-order valence-electron chi connectivity index (χ3n) is 1.36. The van der Waals surface area contributed by atoms with Crippen molar-refractivity contribution < 1.29 is 13.2 Å². The number of rotatable bonds is 1. The van der Waals surface area contributed by atoms with E-state index in [1.165, 1.54) is 0 Å². The van der Waals surface area contributed by atoms with Gasteiger partial charge < -0.3 is 4.57 Å². The van der Waals surface area contributed by atoms with E-state index in [1.807, 2.05) is 0 Å². The molecule has 0 spiro atoms. The second-order valence-corrected chi connectivity index (χ2v) is 2.13. The Morgan fingerprint density at radius 2 is 1.73 bits per heavy atom. The van der Waals surface area contributed by atoms with Gasteiger partial charge in [-0.2, -0.15) is 13.2 Å². The van der Waals surface area contributed by atoms with Crippen molar-refractivity contribution in [1.29, 1.82) is 0 Å². The predicted octanol–water partition coefficient (Wildman–Crippen LogP) is 1.40. The molecule has 0 aliphatic carbocycles. The molecule has 1 heterocycles. The van der Waals surface area contributed by atoms with E-state index in [0.29, 0.717) is 0 Å². The molecule has 1 unspecified atom stereocenters. The quantitative estimate of drug-likeness (QED) is 0.629. The summed E-state index contributed by atoms with van der Waals surface area (Å²) < 4.78 is 36.7. The summed E-state index contributed by atoms with van der Waals surface area (Å²) in [6.45, 7) is 1.04. The van der Waals surface area contributed by atoms with Gasteiger partial charge in [0.2, 0.25) is 0 Å². The van der Waals surface area contributed by atoms with E-state index < -0.39 is 12.2 Å². The van der Waals surface area contributed by atoms with Gasteiger partial charge in [-0.1, -0.05) is 0 Å². The SMILES string of the molecule is CC(n1cnnc1)C(F)(F)F. The molecule has 0 aliphatic heterocycles. The first kappa shape index (κ1) is 8.03. The van der Waals surface area contributed by atoms with Crippen LogP contribution in [-0.2, 0) is 0 Å². The van der Waals surface area contributed by atoms with Crippen LogP contribution in [0.25, 0.3) is 0 Å². The zero-order chi connectivity index (χ0) is 8.48. The lowest BCUT2D eigenvalue weighted by molar-refractivity contribution is -0.163. The molecule has 0 saturated heterocycles. The zero-order valence-electron chi connectivity index (χ0n) is 5.71. The maximum Gasteiger partial charge on any atom is 0.408 e. The molecular weight excluding hydrogens is 159 g/mol. The molecular formula is C5H6F3N3. The first-order valence-electron chi connectivity index (χ1n) is 2.92. The highest BCUT2D eigenvalue weighted by Gasteiger charge is 2.37. The number of aromatic nitrogens is 3. The Kier molecular flexibility index (Phi) is 1.84. The molecule has 0 N–H and O–H groups in total. The average Bonchev–Trinajstić information content (AvgIpc) is 2.34. The van der Waals surface area contributed by atoms with E-state index in [-0.39, 0.29) is 0 Å². The molecule has 0 aromatic carbocycles. The summed E-state index contributed by atoms with van der Waals surface area (Å²) in [5.41, 5.74) is 0. The second-order valence-electron chi connectivity index (χ2n) is 2.13. The second kappa shape index (κ2) is 2.52. The van der Waals surface area contributed by atoms with E-state index in [0.717, 1.165) is 24.1 Å². The van der Waals surface area contributed by atoms with Crippen molar-refractivity contribution in [3.05, 3.63) is 12.7 Å². The fourth-order valence-electron chi connectivity index (χ4n) is 0.578. The molecule has 0 bridgehead atoms. The van der Waals surface area contributed by atoms with Gasteiger partial charge >= 0.3 is 6.18 Å². The zero-order valence-corrected chi connectivity index (χ0v) is 5.71. The van der Waals surface area contributed by atoms with Crippen molar-refractivity contribution in [3.8, 4) is 0 Å². The largest absolute Gasteiger partial charge is 0.408 e. The molecule has 11 heavy (non-hydrogen) atoms. The van der Waals surface area contributed by atoms with Gasteiger partial charge in [0.1, 0.15) is 18.7 Å². The van der Waals surface area contributed by atoms with Crippen molar-refractivity contribution in [2.75, 3.05) is 0 Å². The number of hydrogen-bond acceptors (Lipinski definition) is 2. The highest BCUT2D eigenvalue weighted by Crippen LogP contribution is 2.28. The molecule has 0 amide bonds. The Balaban J connectivity index is 2.78. The van der Waals surface area contributed by atoms with Crippen molar-refractivity contribution in [1.82, 2.24) is 14.8 Å². The van der Waals surface area contributed by atoms with E-state index >= 15 is 0 Å². The molecule has 0 saturated carbocycles. The van der Waals surface area contributed by atoms with Crippen LogP contribution in [0.1, 0.15) is 13.0 Å². The first-order valence-corrected chi connectivity index (χ1v) is 2.92. The fraction of sp³-hybridized carbons (Fsp3) is 0.600. The molecule has 0 radical (unpaired) electrons. The van der Waals surface area contributed by atoms with Gasteiger partial charge in [-0.3, -0.25) is 0 Å². The van der Waals surface area contributed by atoms with E-state index in [2.05, 4.69) is 10.2 Å². The molecule has 3 nitrogen and oxygen atoms in total. The molecule has 1 rings (SSSR count). The average molecular weight is 165 g/mol. The van der Waals surface area contributed by atoms with Crippen LogP contribution in [0.15, 0.2) is 12.7 Å². The molecule has 1 aromatic heterocycles. The fourth-order valence-corrected chi connectivity index (χ4v) is 0.578. The van der Waals surface area contributed by atoms with Gasteiger partial charge in [0.05, 0.1) is 0 Å². The van der Waals surface area contributed by atoms with Gasteiger partial charge in [0, 0.05) is 0 Å². The van der Waals surface area contributed by atoms with Crippen LogP contribution in [0.2, 0.25) is 0 Å². The molecule has 6 heteroatoms. The van der Waals surface area contributed by atoms with Crippen LogP contribution in [0, 0.1) is 0 Å². The Morgan fingerprint density at radius 1 is 1.27 bits per heavy atom. The highest BCUT2D eigenvalue weighted by molar-refractivity contribution is 4.74. The summed E-state index contributed by atoms with van der Waals surface area (Å²) in [7, 11) is 0. The lowest BCUT2D eigenvalue weighted by atomic mass is 10.3. The van der Waals surface area contributed by atoms with Crippen molar-refractivity contribution >= 4 is 0 Å². The number of nitrogens with zero attached hydrogens (tertiary/aromatic N) is 3. The first-order chi connectivity index (χ1) is 5.02. The summed E-state index contributed by atoms with van der Waals surface area (Å²) in [5, 5.41) is 6.54. The summed E-state index contributed by atoms with van der Waals surface area (Å²) in [5.74, 6) is 0. The van der Waals surface area contributed by atoms with Crippen LogP contribution in [0.5, 0.6) is 0 Å². The minimum Gasteiger partial charge on any atom is -0.308 e. The molecule has 62 valence electrons. The van der Waals surface area contributed by atoms with Crippen LogP contribution >= 0.6 is 0 Å². The Hall–Kier alpha value is -1.07. The van der Waals surface area contributed by atoms with E-state index in [1.54, 1.807) is 0 Å². The predicted molar refractivity (Wildman–Crippen MR) is 30.8 cm³/mol. The van der Waals surface area contributed by atoms with Gasteiger partial charge in [0.25, 0.3) is 0 Å². The minimum atomic E-state index is -4.23. The Morgan fingerprint density at radius 3 is 2.09 bits per heavy atom. The van der Waals surface area contributed by atoms with Crippen LogP contribution in [0.4, 0.5) is 13.2 Å². The lowest BCUT2D eigenvalue weighted by Gasteiger charge is -2.15. The van der Waals surface area contributed by atoms with Gasteiger partial charge in [-0.05, 0) is 6.92 Å². The highest BCUT2D eigenvalue weighted by atomic mass is 19.4. The van der Waals surface area contributed by atoms with Crippen LogP contribution < -0.4 is 0 Å². The lowest BCUT2D eigenvalue weighted by Crippen LogP contribution is -2.22. The number of halogens is 3. The number of alkyl halides is 3. The normalized spacial score (nSPS) is 14.9. The summed E-state index contributed by atoms with van der Waals surface area (Å²) >= 11 is 0. The maximum absolute atomic E-state index is 11.9. The Labute approximate surface area is 60.8 Å². The minimum absolute atomic E-state index is 0.903. The van der Waals surface area contributed by atoms with Crippen molar-refractivity contribution in [2.24, 2.45) is 0 Å². The van der Waals surface area contributed by atoms with Gasteiger partial charge in [0.15, 0.2) is 0 Å². The summed E-state index contributed by atoms with van der Waals surface area (Å²) in [6.07, 6.45) is -2.15. The van der Waals surface area contributed by atoms with Gasteiger partial charge in [-0.15, -0.1) is 10.2 Å². The van der Waals surface area contributed by atoms with Crippen molar-refractivity contribution in [3.63, 3.8) is 0 Å². The monoisotopic (exact) mass is 165 g/mol. The molecule has 1 aromatic rings. The van der Waals surface area contributed by atoms with Crippen molar-refractivity contribution in [2.45, 2.75) is 19.1 Å². The van der Waals surface area contributed by atoms with E-state index in [9.17, 15) is 13.2 Å². The van der Waals surface area contributed by atoms with Gasteiger partial charge in [-0.25, -0.2) is 0 Å². The van der Waals surface area contributed by atoms with Crippen LogP contribution in [0.3, 0.4) is 0 Å². The number of hydrogen-bond donors (Lipinski definition) is 0. The third kappa shape index (κ3) is 1.69. The molecule has 1 atom stereocenters. The van der Waals surface area contributed by atoms with E-state index in [4.69, 9.17) is 0 Å². The topological polar surface area (TPSA) is 30.7 Å². The third-order valence-corrected chi connectivity index (χ3v) is 1.36. The molecule has 0 aliphatic rings. The summed E-state index contributed by atoms with van der Waals surface area (Å²) in [6, 6.07) is -1.56. The standard InChI is InChI=1S/C5H6F3N3/c1-4(5(6,7)8)11-2-9-10-3-11/h2-4H,1H3. The maximum atomic E-state index is 11.9. The van der Waals surface area contributed by atoms with Crippen LogP contribution in [-0.4, -0.2) is 20.9 Å².